The molecule has 0 heteroatoms. The molecule has 1 radical (unpaired) electrons. The van der Waals surface area contributed by atoms with E-state index in [2.05, 4.69) is 13.3 Å². The van der Waals surface area contributed by atoms with E-state index >= 15 is 0 Å². The van der Waals surface area contributed by atoms with Crippen LogP contribution in [0.2, 0.25) is 0 Å². The zero-order valence-corrected chi connectivity index (χ0v) is 4.98. The Kier molecular flexibility index (Phi) is 1.72. The van der Waals surface area contributed by atoms with E-state index in [0.717, 1.165) is 5.92 Å². The molecule has 0 bridgehead atoms. The van der Waals surface area contributed by atoms with Crippen molar-refractivity contribution < 1.29 is 0 Å². The first kappa shape index (κ1) is 5.14. The maximum Gasteiger partial charge on any atom is -0.0414 e. The third kappa shape index (κ3) is 1.96. The first-order valence-corrected chi connectivity index (χ1v) is 3.21. The van der Waals surface area contributed by atoms with Gasteiger partial charge in [-0.05, 0) is 12.3 Å². The highest BCUT2D eigenvalue weighted by atomic mass is 14.2. The molecule has 0 N–H and O–H groups in total. The number of hydrogen-bond donors (Lipinski definition) is 0. The van der Waals surface area contributed by atoms with E-state index in [0.29, 0.717) is 0 Å². The highest BCUT2D eigenvalue weighted by molar-refractivity contribution is 4.74. The molecular formula is C7H13. The van der Waals surface area contributed by atoms with Crippen LogP contribution in [0, 0.1) is 12.3 Å². The summed E-state index contributed by atoms with van der Waals surface area (Å²) in [6.45, 7) is 2.14. The molecule has 1 aliphatic rings. The standard InChI is InChI=1S/C7H13/c1-2-3-4-7-5-6-7/h2,7H,3-6H2,1H3. The normalized spacial score (nSPS) is 20.1. The van der Waals surface area contributed by atoms with Crippen LogP contribution in [0.4, 0.5) is 0 Å². The van der Waals surface area contributed by atoms with Crippen molar-refractivity contribution in [3.05, 3.63) is 6.42 Å². The summed E-state index contributed by atoms with van der Waals surface area (Å²) >= 11 is 0. The maximum atomic E-state index is 2.26. The van der Waals surface area contributed by atoms with Crippen molar-refractivity contribution in [3.63, 3.8) is 0 Å². The van der Waals surface area contributed by atoms with Gasteiger partial charge in [0.05, 0.1) is 0 Å². The smallest absolute Gasteiger partial charge is 0.0414 e. The lowest BCUT2D eigenvalue weighted by molar-refractivity contribution is 0.718. The third-order valence-corrected chi connectivity index (χ3v) is 1.56. The second-order valence-electron chi connectivity index (χ2n) is 2.43. The Labute approximate surface area is 45.9 Å². The minimum absolute atomic E-state index is 1.12. The molecule has 0 aliphatic heterocycles. The van der Waals surface area contributed by atoms with Crippen LogP contribution in [0.1, 0.15) is 32.6 Å². The van der Waals surface area contributed by atoms with Crippen molar-refractivity contribution in [1.82, 2.24) is 0 Å². The molecule has 41 valence electrons. The molecule has 1 saturated carbocycles. The molecule has 0 spiro atoms. The minimum atomic E-state index is 1.12. The van der Waals surface area contributed by atoms with E-state index in [9.17, 15) is 0 Å². The molecule has 1 fully saturated rings. The van der Waals surface area contributed by atoms with E-state index in [4.69, 9.17) is 0 Å². The molecule has 0 aromatic heterocycles. The zero-order chi connectivity index (χ0) is 5.11. The fourth-order valence-electron chi connectivity index (χ4n) is 0.809. The van der Waals surface area contributed by atoms with Crippen molar-refractivity contribution in [3.8, 4) is 0 Å². The Bertz CT molecular complexity index is 44.0. The molecule has 0 aromatic rings. The number of hydrogen-bond acceptors (Lipinski definition) is 0. The molecule has 0 unspecified atom stereocenters. The second kappa shape index (κ2) is 2.34. The van der Waals surface area contributed by atoms with Crippen LogP contribution in [-0.2, 0) is 0 Å². The van der Waals surface area contributed by atoms with Gasteiger partial charge in [-0.15, -0.1) is 0 Å². The molecule has 0 heterocycles. The Morgan fingerprint density at radius 2 is 2.29 bits per heavy atom. The van der Waals surface area contributed by atoms with Crippen molar-refractivity contribution in [2.75, 3.05) is 0 Å². The van der Waals surface area contributed by atoms with Gasteiger partial charge in [-0.25, -0.2) is 0 Å². The molecule has 0 aromatic carbocycles. The van der Waals surface area contributed by atoms with E-state index in [-0.39, 0.29) is 0 Å². The van der Waals surface area contributed by atoms with Crippen LogP contribution in [0.25, 0.3) is 0 Å². The summed E-state index contributed by atoms with van der Waals surface area (Å²) in [6.07, 6.45) is 8.07. The van der Waals surface area contributed by atoms with Crippen LogP contribution in [0.3, 0.4) is 0 Å². The lowest BCUT2D eigenvalue weighted by Crippen LogP contribution is -1.73. The highest BCUT2D eigenvalue weighted by Crippen LogP contribution is 2.33. The van der Waals surface area contributed by atoms with Crippen LogP contribution < -0.4 is 0 Å². The summed E-state index contributed by atoms with van der Waals surface area (Å²) in [5, 5.41) is 0. The van der Waals surface area contributed by atoms with Crippen LogP contribution in [0.15, 0.2) is 0 Å². The van der Waals surface area contributed by atoms with E-state index in [1.54, 1.807) is 0 Å². The van der Waals surface area contributed by atoms with Gasteiger partial charge >= 0.3 is 0 Å². The summed E-state index contributed by atoms with van der Waals surface area (Å²) < 4.78 is 0. The molecule has 0 amide bonds. The van der Waals surface area contributed by atoms with Crippen molar-refractivity contribution in [1.29, 1.82) is 0 Å². The first-order valence-electron chi connectivity index (χ1n) is 3.21. The van der Waals surface area contributed by atoms with Gasteiger partial charge in [-0.3, -0.25) is 0 Å². The SMILES string of the molecule is C[CH]CCC1CC1. The van der Waals surface area contributed by atoms with Crippen molar-refractivity contribution in [2.24, 2.45) is 5.92 Å². The zero-order valence-electron chi connectivity index (χ0n) is 4.98. The van der Waals surface area contributed by atoms with Crippen molar-refractivity contribution in [2.45, 2.75) is 32.6 Å². The largest absolute Gasteiger partial charge is 0.0623 e. The quantitative estimate of drug-likeness (QED) is 0.507. The summed E-state index contributed by atoms with van der Waals surface area (Å²) in [4.78, 5) is 0. The van der Waals surface area contributed by atoms with Gasteiger partial charge in [0.25, 0.3) is 0 Å². The second-order valence-corrected chi connectivity index (χ2v) is 2.43. The van der Waals surface area contributed by atoms with E-state index in [1.807, 2.05) is 0 Å². The fourth-order valence-corrected chi connectivity index (χ4v) is 0.809. The van der Waals surface area contributed by atoms with Gasteiger partial charge in [0.15, 0.2) is 0 Å². The molecule has 0 nitrogen and oxygen atoms in total. The summed E-state index contributed by atoms with van der Waals surface area (Å²) in [6, 6.07) is 0. The van der Waals surface area contributed by atoms with Gasteiger partial charge in [0, 0.05) is 0 Å². The fraction of sp³-hybridized carbons (Fsp3) is 0.857. The van der Waals surface area contributed by atoms with Gasteiger partial charge in [-0.2, -0.15) is 0 Å². The predicted molar refractivity (Wildman–Crippen MR) is 31.9 cm³/mol. The molecule has 0 atom stereocenters. The van der Waals surface area contributed by atoms with Crippen molar-refractivity contribution >= 4 is 0 Å². The third-order valence-electron chi connectivity index (χ3n) is 1.56. The average Bonchev–Trinajstić information content (AvgIpc) is 2.42. The lowest BCUT2D eigenvalue weighted by Gasteiger charge is -1.88. The van der Waals surface area contributed by atoms with Gasteiger partial charge in [-0.1, -0.05) is 32.6 Å². The highest BCUT2D eigenvalue weighted by Gasteiger charge is 2.19. The lowest BCUT2D eigenvalue weighted by atomic mass is 10.2. The summed E-state index contributed by atoms with van der Waals surface area (Å²) in [5.41, 5.74) is 0. The Balaban J connectivity index is 1.80. The molecule has 1 aliphatic carbocycles. The molecule has 0 saturated heterocycles. The van der Waals surface area contributed by atoms with Crippen LogP contribution >= 0.6 is 0 Å². The average molecular weight is 97.2 g/mol. The summed E-state index contributed by atoms with van der Waals surface area (Å²) in [7, 11) is 0. The Morgan fingerprint density at radius 1 is 1.57 bits per heavy atom. The predicted octanol–water partition coefficient (Wildman–Crippen LogP) is 2.40. The Hall–Kier alpha value is 0. The molecule has 7 heavy (non-hydrogen) atoms. The monoisotopic (exact) mass is 97.1 g/mol. The van der Waals surface area contributed by atoms with E-state index < -0.39 is 0 Å². The number of rotatable bonds is 3. The first-order chi connectivity index (χ1) is 3.43. The van der Waals surface area contributed by atoms with Gasteiger partial charge < -0.3 is 0 Å². The summed E-state index contributed by atoms with van der Waals surface area (Å²) in [5.74, 6) is 1.12. The van der Waals surface area contributed by atoms with Gasteiger partial charge in [0.2, 0.25) is 0 Å². The maximum absolute atomic E-state index is 2.26. The van der Waals surface area contributed by atoms with Gasteiger partial charge in [0.1, 0.15) is 0 Å². The minimum Gasteiger partial charge on any atom is -0.0623 e. The molecular weight excluding hydrogens is 84.1 g/mol. The van der Waals surface area contributed by atoms with Crippen LogP contribution in [0.5, 0.6) is 0 Å². The molecule has 1 rings (SSSR count). The van der Waals surface area contributed by atoms with E-state index in [1.165, 1.54) is 25.7 Å². The topological polar surface area (TPSA) is 0 Å². The Morgan fingerprint density at radius 3 is 2.71 bits per heavy atom. The number of unbranched alkanes of at least 4 members (excludes halogenated alkanes) is 1. The van der Waals surface area contributed by atoms with Crippen LogP contribution in [-0.4, -0.2) is 0 Å².